The zero-order valence-corrected chi connectivity index (χ0v) is 18.8. The van der Waals surface area contributed by atoms with Gasteiger partial charge in [0, 0.05) is 31.9 Å². The standard InChI is InChI=1S/C22H29N3O4S/c1-16-5-7-19(15-21(16)30(27,28)25-11-9-24(3)10-12-25)23-22(26)14-18-6-8-20(29-4)17(2)13-18/h5-8,13,15H,9-12,14H2,1-4H3,(H,23,26). The highest BCUT2D eigenvalue weighted by Gasteiger charge is 2.29. The highest BCUT2D eigenvalue weighted by atomic mass is 32.2. The summed E-state index contributed by atoms with van der Waals surface area (Å²) in [6.45, 7) is 6.04. The highest BCUT2D eigenvalue weighted by molar-refractivity contribution is 7.89. The molecule has 0 radical (unpaired) electrons. The van der Waals surface area contributed by atoms with Crippen LogP contribution in [-0.4, -0.2) is 63.9 Å². The molecule has 0 unspecified atom stereocenters. The quantitative estimate of drug-likeness (QED) is 0.760. The van der Waals surface area contributed by atoms with Gasteiger partial charge < -0.3 is 15.0 Å². The summed E-state index contributed by atoms with van der Waals surface area (Å²) in [5.41, 5.74) is 2.96. The number of nitrogens with zero attached hydrogens (tertiary/aromatic N) is 2. The van der Waals surface area contributed by atoms with Gasteiger partial charge >= 0.3 is 0 Å². The minimum absolute atomic E-state index is 0.194. The summed E-state index contributed by atoms with van der Waals surface area (Å²) in [7, 11) is -0.0123. The van der Waals surface area contributed by atoms with E-state index in [4.69, 9.17) is 4.74 Å². The van der Waals surface area contributed by atoms with E-state index in [0.717, 1.165) is 16.9 Å². The molecule has 0 aliphatic carbocycles. The molecule has 8 heteroatoms. The van der Waals surface area contributed by atoms with Crippen LogP contribution < -0.4 is 10.1 Å². The van der Waals surface area contributed by atoms with Crippen LogP contribution in [0.25, 0.3) is 0 Å². The zero-order valence-electron chi connectivity index (χ0n) is 17.9. The van der Waals surface area contributed by atoms with Crippen LogP contribution in [0, 0.1) is 13.8 Å². The molecule has 1 heterocycles. The lowest BCUT2D eigenvalue weighted by Gasteiger charge is -2.32. The Labute approximate surface area is 178 Å². The second-order valence-corrected chi connectivity index (χ2v) is 9.62. The first-order valence-corrected chi connectivity index (χ1v) is 11.4. The first-order valence-electron chi connectivity index (χ1n) is 9.93. The number of anilines is 1. The first-order chi connectivity index (χ1) is 14.2. The molecule has 1 N–H and O–H groups in total. The Kier molecular flexibility index (Phi) is 6.80. The van der Waals surface area contributed by atoms with Gasteiger partial charge in [-0.15, -0.1) is 0 Å². The number of carbonyl (C=O) groups is 1. The highest BCUT2D eigenvalue weighted by Crippen LogP contribution is 2.25. The van der Waals surface area contributed by atoms with Crippen molar-refractivity contribution in [1.29, 1.82) is 0 Å². The number of likely N-dealkylation sites (N-methyl/N-ethyl adjacent to an activating group) is 1. The number of rotatable bonds is 6. The third-order valence-electron chi connectivity index (χ3n) is 5.38. The lowest BCUT2D eigenvalue weighted by molar-refractivity contribution is -0.115. The maximum Gasteiger partial charge on any atom is 0.243 e. The number of sulfonamides is 1. The minimum atomic E-state index is -3.61. The van der Waals surface area contributed by atoms with Gasteiger partial charge in [0.2, 0.25) is 15.9 Å². The smallest absolute Gasteiger partial charge is 0.243 e. The van der Waals surface area contributed by atoms with Gasteiger partial charge in [0.05, 0.1) is 18.4 Å². The molecule has 2 aromatic carbocycles. The van der Waals surface area contributed by atoms with Gasteiger partial charge in [0.15, 0.2) is 0 Å². The van der Waals surface area contributed by atoms with E-state index in [0.29, 0.717) is 37.4 Å². The number of benzene rings is 2. The molecule has 1 aliphatic rings. The predicted octanol–water partition coefficient (Wildman–Crippen LogP) is 2.43. The average molecular weight is 432 g/mol. The van der Waals surface area contributed by atoms with Crippen LogP contribution in [0.3, 0.4) is 0 Å². The predicted molar refractivity (Wildman–Crippen MR) is 117 cm³/mol. The molecule has 0 aromatic heterocycles. The molecule has 3 rings (SSSR count). The van der Waals surface area contributed by atoms with Gasteiger partial charge in [-0.1, -0.05) is 18.2 Å². The number of hydrogen-bond acceptors (Lipinski definition) is 5. The van der Waals surface area contributed by atoms with Crippen LogP contribution in [0.15, 0.2) is 41.3 Å². The molecule has 1 amide bonds. The van der Waals surface area contributed by atoms with Gasteiger partial charge in [-0.3, -0.25) is 4.79 Å². The molecule has 0 saturated carbocycles. The summed E-state index contributed by atoms with van der Waals surface area (Å²) in [5, 5.41) is 2.83. The van der Waals surface area contributed by atoms with Crippen molar-refractivity contribution in [3.63, 3.8) is 0 Å². The van der Waals surface area contributed by atoms with Crippen LogP contribution in [0.5, 0.6) is 5.75 Å². The van der Waals surface area contributed by atoms with E-state index in [-0.39, 0.29) is 17.2 Å². The summed E-state index contributed by atoms with van der Waals surface area (Å²) < 4.78 is 33.0. The molecule has 1 fully saturated rings. The van der Waals surface area contributed by atoms with Gasteiger partial charge in [-0.25, -0.2) is 8.42 Å². The Morgan fingerprint density at radius 1 is 1.03 bits per heavy atom. The number of carbonyl (C=O) groups excluding carboxylic acids is 1. The van der Waals surface area contributed by atoms with Gasteiger partial charge in [-0.05, 0) is 55.8 Å². The van der Waals surface area contributed by atoms with Crippen LogP contribution >= 0.6 is 0 Å². The Hall–Kier alpha value is -2.42. The van der Waals surface area contributed by atoms with Crippen molar-refractivity contribution in [2.75, 3.05) is 45.7 Å². The number of ether oxygens (including phenoxy) is 1. The second kappa shape index (κ2) is 9.16. The van der Waals surface area contributed by atoms with E-state index in [1.807, 2.05) is 32.2 Å². The van der Waals surface area contributed by atoms with Crippen molar-refractivity contribution < 1.29 is 17.9 Å². The lowest BCUT2D eigenvalue weighted by Crippen LogP contribution is -2.47. The molecule has 0 bridgehead atoms. The number of piperazine rings is 1. The fourth-order valence-corrected chi connectivity index (χ4v) is 5.24. The van der Waals surface area contributed by atoms with E-state index >= 15 is 0 Å². The average Bonchev–Trinajstić information content (AvgIpc) is 2.70. The Morgan fingerprint density at radius 3 is 2.37 bits per heavy atom. The van der Waals surface area contributed by atoms with E-state index in [1.165, 1.54) is 4.31 Å². The molecule has 2 aromatic rings. The summed E-state index contributed by atoms with van der Waals surface area (Å²) in [5.74, 6) is 0.572. The zero-order chi connectivity index (χ0) is 21.9. The van der Waals surface area contributed by atoms with E-state index in [9.17, 15) is 13.2 Å². The van der Waals surface area contributed by atoms with Crippen molar-refractivity contribution in [2.24, 2.45) is 0 Å². The molecule has 1 saturated heterocycles. The summed E-state index contributed by atoms with van der Waals surface area (Å²) in [6.07, 6.45) is 0.194. The number of methoxy groups -OCH3 is 1. The Morgan fingerprint density at radius 2 is 1.73 bits per heavy atom. The Bertz CT molecular complexity index is 1030. The van der Waals surface area contributed by atoms with Crippen molar-refractivity contribution in [3.05, 3.63) is 53.1 Å². The summed E-state index contributed by atoms with van der Waals surface area (Å²) >= 11 is 0. The van der Waals surface area contributed by atoms with E-state index in [2.05, 4.69) is 10.2 Å². The normalized spacial score (nSPS) is 15.7. The number of aryl methyl sites for hydroxylation is 2. The lowest BCUT2D eigenvalue weighted by atomic mass is 10.1. The van der Waals surface area contributed by atoms with Gasteiger partial charge in [0.25, 0.3) is 0 Å². The van der Waals surface area contributed by atoms with Crippen molar-refractivity contribution in [2.45, 2.75) is 25.2 Å². The van der Waals surface area contributed by atoms with Crippen molar-refractivity contribution in [3.8, 4) is 5.75 Å². The van der Waals surface area contributed by atoms with Gasteiger partial charge in [-0.2, -0.15) is 4.31 Å². The van der Waals surface area contributed by atoms with Crippen LogP contribution in [0.2, 0.25) is 0 Å². The minimum Gasteiger partial charge on any atom is -0.496 e. The molecular weight excluding hydrogens is 402 g/mol. The fourth-order valence-electron chi connectivity index (χ4n) is 3.56. The van der Waals surface area contributed by atoms with Gasteiger partial charge in [0.1, 0.15) is 5.75 Å². The van der Waals surface area contributed by atoms with Crippen LogP contribution in [0.4, 0.5) is 5.69 Å². The number of amides is 1. The number of hydrogen-bond donors (Lipinski definition) is 1. The molecular formula is C22H29N3O4S. The van der Waals surface area contributed by atoms with E-state index in [1.54, 1.807) is 32.2 Å². The second-order valence-electron chi connectivity index (χ2n) is 7.72. The van der Waals surface area contributed by atoms with E-state index < -0.39 is 10.0 Å². The largest absolute Gasteiger partial charge is 0.496 e. The molecule has 1 aliphatic heterocycles. The van der Waals surface area contributed by atoms with Crippen molar-refractivity contribution in [1.82, 2.24) is 9.21 Å². The molecule has 162 valence electrons. The SMILES string of the molecule is COc1ccc(CC(=O)Nc2ccc(C)c(S(=O)(=O)N3CCN(C)CC3)c2)cc1C. The fraction of sp³-hybridized carbons (Fsp3) is 0.409. The third-order valence-corrected chi connectivity index (χ3v) is 7.42. The van der Waals surface area contributed by atoms with Crippen molar-refractivity contribution >= 4 is 21.6 Å². The summed E-state index contributed by atoms with van der Waals surface area (Å²) in [4.78, 5) is 14.9. The third kappa shape index (κ3) is 5.00. The topological polar surface area (TPSA) is 78.9 Å². The van der Waals surface area contributed by atoms with Crippen LogP contribution in [-0.2, 0) is 21.2 Å². The molecule has 0 atom stereocenters. The van der Waals surface area contributed by atoms with Crippen LogP contribution in [0.1, 0.15) is 16.7 Å². The monoisotopic (exact) mass is 431 g/mol. The molecule has 7 nitrogen and oxygen atoms in total. The molecule has 30 heavy (non-hydrogen) atoms. The molecule has 0 spiro atoms. The maximum atomic E-state index is 13.1. The Balaban J connectivity index is 1.74. The first kappa shape index (κ1) is 22.3. The summed E-state index contributed by atoms with van der Waals surface area (Å²) in [6, 6.07) is 10.6. The maximum absolute atomic E-state index is 13.1. The number of nitrogens with one attached hydrogen (secondary N) is 1.